The van der Waals surface area contributed by atoms with Crippen LogP contribution in [0.15, 0.2) is 18.2 Å². The van der Waals surface area contributed by atoms with Crippen molar-refractivity contribution >= 4 is 5.78 Å². The van der Waals surface area contributed by atoms with E-state index in [4.69, 9.17) is 0 Å². The van der Waals surface area contributed by atoms with Crippen molar-refractivity contribution in [2.24, 2.45) is 0 Å². The van der Waals surface area contributed by atoms with Crippen LogP contribution in [0.2, 0.25) is 0 Å². The van der Waals surface area contributed by atoms with Gasteiger partial charge in [0.1, 0.15) is 5.78 Å². The van der Waals surface area contributed by atoms with Crippen LogP contribution in [-0.4, -0.2) is 5.78 Å². The van der Waals surface area contributed by atoms with Crippen LogP contribution in [0.25, 0.3) is 0 Å². The molecule has 0 spiro atoms. The highest BCUT2D eigenvalue weighted by Gasteiger charge is 2.23. The number of benzene rings is 1. The SMILES string of the molecule is CC(=O)C1CCCc2c(C)cccc21. The van der Waals surface area contributed by atoms with Gasteiger partial charge in [0.25, 0.3) is 0 Å². The molecule has 1 atom stereocenters. The van der Waals surface area contributed by atoms with Crippen molar-refractivity contribution in [1.29, 1.82) is 0 Å². The fourth-order valence-corrected chi connectivity index (χ4v) is 2.45. The van der Waals surface area contributed by atoms with E-state index in [-0.39, 0.29) is 5.92 Å². The number of ketones is 1. The first kappa shape index (κ1) is 9.45. The number of rotatable bonds is 1. The normalized spacial score (nSPS) is 20.3. The van der Waals surface area contributed by atoms with Crippen LogP contribution >= 0.6 is 0 Å². The summed E-state index contributed by atoms with van der Waals surface area (Å²) in [4.78, 5) is 11.5. The van der Waals surface area contributed by atoms with E-state index < -0.39 is 0 Å². The third-order valence-electron chi connectivity index (χ3n) is 3.23. The molecule has 14 heavy (non-hydrogen) atoms. The van der Waals surface area contributed by atoms with Crippen molar-refractivity contribution in [2.45, 2.75) is 39.0 Å². The fourth-order valence-electron chi connectivity index (χ4n) is 2.45. The number of hydrogen-bond donors (Lipinski definition) is 0. The average molecular weight is 188 g/mol. The summed E-state index contributed by atoms with van der Waals surface area (Å²) in [5.41, 5.74) is 4.04. The van der Waals surface area contributed by atoms with Crippen LogP contribution < -0.4 is 0 Å². The topological polar surface area (TPSA) is 17.1 Å². The van der Waals surface area contributed by atoms with Gasteiger partial charge in [-0.1, -0.05) is 18.2 Å². The molecule has 0 radical (unpaired) electrons. The molecule has 0 N–H and O–H groups in total. The van der Waals surface area contributed by atoms with Gasteiger partial charge in [0.05, 0.1) is 0 Å². The number of fused-ring (bicyclic) bond motifs is 1. The molecule has 0 aliphatic heterocycles. The zero-order valence-electron chi connectivity index (χ0n) is 8.84. The highest BCUT2D eigenvalue weighted by Crippen LogP contribution is 2.33. The number of aryl methyl sites for hydroxylation is 1. The summed E-state index contributed by atoms with van der Waals surface area (Å²) in [6.07, 6.45) is 3.33. The highest BCUT2D eigenvalue weighted by molar-refractivity contribution is 5.84. The summed E-state index contributed by atoms with van der Waals surface area (Å²) in [5.74, 6) is 0.482. The first-order chi connectivity index (χ1) is 6.70. The minimum absolute atomic E-state index is 0.165. The third kappa shape index (κ3) is 1.47. The number of carbonyl (C=O) groups is 1. The Kier molecular flexibility index (Phi) is 2.40. The monoisotopic (exact) mass is 188 g/mol. The largest absolute Gasteiger partial charge is 0.299 e. The standard InChI is InChI=1S/C13H16O/c1-9-5-3-8-13-11(9)6-4-7-12(13)10(2)14/h3,5,8,12H,4,6-7H2,1-2H3. The predicted octanol–water partition coefficient (Wildman–Crippen LogP) is 3.00. The van der Waals surface area contributed by atoms with Gasteiger partial charge in [0, 0.05) is 5.92 Å². The zero-order chi connectivity index (χ0) is 10.1. The van der Waals surface area contributed by atoms with Crippen molar-refractivity contribution in [2.75, 3.05) is 0 Å². The number of hydrogen-bond acceptors (Lipinski definition) is 1. The Bertz CT molecular complexity index is 365. The van der Waals surface area contributed by atoms with Crippen molar-refractivity contribution < 1.29 is 4.79 Å². The van der Waals surface area contributed by atoms with Gasteiger partial charge in [-0.15, -0.1) is 0 Å². The summed E-state index contributed by atoms with van der Waals surface area (Å²) in [6, 6.07) is 6.32. The lowest BCUT2D eigenvalue weighted by Crippen LogP contribution is -2.16. The maximum absolute atomic E-state index is 11.5. The molecule has 0 heterocycles. The Balaban J connectivity index is 2.49. The van der Waals surface area contributed by atoms with Crippen molar-refractivity contribution in [3.63, 3.8) is 0 Å². The summed E-state index contributed by atoms with van der Waals surface area (Å²) >= 11 is 0. The molecule has 0 fully saturated rings. The van der Waals surface area contributed by atoms with E-state index in [9.17, 15) is 4.79 Å². The highest BCUT2D eigenvalue weighted by atomic mass is 16.1. The summed E-state index contributed by atoms with van der Waals surface area (Å²) in [6.45, 7) is 3.85. The molecule has 1 nitrogen and oxygen atoms in total. The van der Waals surface area contributed by atoms with E-state index in [0.29, 0.717) is 5.78 Å². The molecule has 1 unspecified atom stereocenters. The van der Waals surface area contributed by atoms with Gasteiger partial charge >= 0.3 is 0 Å². The minimum atomic E-state index is 0.165. The van der Waals surface area contributed by atoms with E-state index in [1.807, 2.05) is 0 Å². The molecule has 1 aliphatic carbocycles. The van der Waals surface area contributed by atoms with Crippen LogP contribution in [0.4, 0.5) is 0 Å². The van der Waals surface area contributed by atoms with Crippen LogP contribution in [0.3, 0.4) is 0 Å². The quantitative estimate of drug-likeness (QED) is 0.662. The zero-order valence-corrected chi connectivity index (χ0v) is 8.84. The molecule has 1 heteroatoms. The van der Waals surface area contributed by atoms with Gasteiger partial charge in [-0.2, -0.15) is 0 Å². The van der Waals surface area contributed by atoms with E-state index in [0.717, 1.165) is 19.3 Å². The van der Waals surface area contributed by atoms with Gasteiger partial charge in [-0.05, 0) is 49.8 Å². The smallest absolute Gasteiger partial charge is 0.137 e. The van der Waals surface area contributed by atoms with E-state index >= 15 is 0 Å². The molecule has 0 amide bonds. The molecule has 74 valence electrons. The molecule has 0 bridgehead atoms. The predicted molar refractivity (Wildman–Crippen MR) is 57.5 cm³/mol. The maximum atomic E-state index is 11.5. The summed E-state index contributed by atoms with van der Waals surface area (Å²) < 4.78 is 0. The molecule has 1 aromatic rings. The fraction of sp³-hybridized carbons (Fsp3) is 0.462. The molecule has 1 aliphatic rings. The van der Waals surface area contributed by atoms with Gasteiger partial charge in [-0.25, -0.2) is 0 Å². The second-order valence-corrected chi connectivity index (χ2v) is 4.20. The molecular formula is C13H16O. The van der Waals surface area contributed by atoms with Gasteiger partial charge in [0.15, 0.2) is 0 Å². The first-order valence-electron chi connectivity index (χ1n) is 5.29. The first-order valence-corrected chi connectivity index (χ1v) is 5.29. The average Bonchev–Trinajstić information content (AvgIpc) is 2.17. The molecule has 0 aromatic heterocycles. The van der Waals surface area contributed by atoms with Crippen LogP contribution in [0.1, 0.15) is 42.4 Å². The number of Topliss-reactive ketones (excluding diaryl/α,β-unsaturated/α-hetero) is 1. The van der Waals surface area contributed by atoms with E-state index in [1.54, 1.807) is 6.92 Å². The molecule has 0 saturated heterocycles. The van der Waals surface area contributed by atoms with Gasteiger partial charge in [0.2, 0.25) is 0 Å². The Morgan fingerprint density at radius 3 is 2.93 bits per heavy atom. The second-order valence-electron chi connectivity index (χ2n) is 4.20. The Labute approximate surface area is 85.1 Å². The van der Waals surface area contributed by atoms with Crippen molar-refractivity contribution in [3.05, 3.63) is 34.9 Å². The Morgan fingerprint density at radius 2 is 2.21 bits per heavy atom. The van der Waals surface area contributed by atoms with Crippen molar-refractivity contribution in [3.8, 4) is 0 Å². The number of carbonyl (C=O) groups excluding carboxylic acids is 1. The minimum Gasteiger partial charge on any atom is -0.299 e. The van der Waals surface area contributed by atoms with E-state index in [2.05, 4.69) is 25.1 Å². The lowest BCUT2D eigenvalue weighted by Gasteiger charge is -2.24. The van der Waals surface area contributed by atoms with Gasteiger partial charge in [-0.3, -0.25) is 4.79 Å². The van der Waals surface area contributed by atoms with Gasteiger partial charge < -0.3 is 0 Å². The maximum Gasteiger partial charge on any atom is 0.137 e. The lowest BCUT2D eigenvalue weighted by molar-refractivity contribution is -0.118. The Hall–Kier alpha value is -1.11. The summed E-state index contributed by atoms with van der Waals surface area (Å²) in [7, 11) is 0. The molecular weight excluding hydrogens is 172 g/mol. The van der Waals surface area contributed by atoms with Crippen molar-refractivity contribution in [1.82, 2.24) is 0 Å². The Morgan fingerprint density at radius 1 is 1.43 bits per heavy atom. The van der Waals surface area contributed by atoms with Crippen LogP contribution in [0, 0.1) is 6.92 Å². The van der Waals surface area contributed by atoms with Crippen LogP contribution in [-0.2, 0) is 11.2 Å². The van der Waals surface area contributed by atoms with E-state index in [1.165, 1.54) is 16.7 Å². The summed E-state index contributed by atoms with van der Waals surface area (Å²) in [5, 5.41) is 0. The second kappa shape index (κ2) is 3.56. The molecule has 0 saturated carbocycles. The molecule has 1 aromatic carbocycles. The molecule has 2 rings (SSSR count). The third-order valence-corrected chi connectivity index (χ3v) is 3.23. The lowest BCUT2D eigenvalue weighted by atomic mass is 9.79. The van der Waals surface area contributed by atoms with Crippen LogP contribution in [0.5, 0.6) is 0 Å².